The van der Waals surface area contributed by atoms with Crippen LogP contribution in [0.2, 0.25) is 0 Å². The minimum absolute atomic E-state index is 0.181. The summed E-state index contributed by atoms with van der Waals surface area (Å²) in [6.07, 6.45) is 10.3. The lowest BCUT2D eigenvalue weighted by molar-refractivity contribution is -0.130. The molecule has 0 spiro atoms. The van der Waals surface area contributed by atoms with Gasteiger partial charge in [-0.05, 0) is 19.3 Å². The average molecular weight is 218 g/mol. The van der Waals surface area contributed by atoms with Crippen molar-refractivity contribution in [3.63, 3.8) is 0 Å². The van der Waals surface area contributed by atoms with E-state index in [0.29, 0.717) is 19.3 Å². The Morgan fingerprint density at radius 1 is 1.50 bits per heavy atom. The summed E-state index contributed by atoms with van der Waals surface area (Å²) >= 11 is 0. The maximum atomic E-state index is 12.1. The molecule has 1 saturated carbocycles. The minimum atomic E-state index is -0.831. The van der Waals surface area contributed by atoms with Crippen molar-refractivity contribution in [2.75, 3.05) is 0 Å². The SMILES string of the molecule is C#CC(CC)NC(=O)C1(C#N)CCCCC1. The molecule has 0 aromatic heterocycles. The molecule has 1 aliphatic carbocycles. The molecule has 0 heterocycles. The van der Waals surface area contributed by atoms with Gasteiger partial charge in [0.1, 0.15) is 5.41 Å². The van der Waals surface area contributed by atoms with E-state index >= 15 is 0 Å². The van der Waals surface area contributed by atoms with Crippen molar-refractivity contribution in [2.24, 2.45) is 5.41 Å². The van der Waals surface area contributed by atoms with Crippen molar-refractivity contribution in [3.8, 4) is 18.4 Å². The number of hydrogen-bond acceptors (Lipinski definition) is 2. The third-order valence-corrected chi connectivity index (χ3v) is 3.27. The van der Waals surface area contributed by atoms with Crippen LogP contribution in [-0.4, -0.2) is 11.9 Å². The van der Waals surface area contributed by atoms with Gasteiger partial charge >= 0.3 is 0 Å². The maximum absolute atomic E-state index is 12.1. The molecule has 1 fully saturated rings. The zero-order chi connectivity index (χ0) is 12.0. The second-order valence-electron chi connectivity index (χ2n) is 4.36. The molecule has 3 heteroatoms. The Morgan fingerprint density at radius 2 is 2.12 bits per heavy atom. The molecule has 86 valence electrons. The van der Waals surface area contributed by atoms with Crippen LogP contribution in [0, 0.1) is 29.1 Å². The van der Waals surface area contributed by atoms with E-state index in [9.17, 15) is 10.1 Å². The van der Waals surface area contributed by atoms with Crippen LogP contribution in [-0.2, 0) is 4.79 Å². The van der Waals surface area contributed by atoms with Crippen molar-refractivity contribution >= 4 is 5.91 Å². The first kappa shape index (κ1) is 12.6. The number of nitrogens with zero attached hydrogens (tertiary/aromatic N) is 1. The Balaban J connectivity index is 2.70. The predicted molar refractivity (Wildman–Crippen MR) is 62.2 cm³/mol. The molecule has 0 aromatic carbocycles. The smallest absolute Gasteiger partial charge is 0.241 e. The number of hydrogen-bond donors (Lipinski definition) is 1. The second kappa shape index (κ2) is 5.56. The summed E-state index contributed by atoms with van der Waals surface area (Å²) in [5.41, 5.74) is -0.831. The molecule has 0 saturated heterocycles. The summed E-state index contributed by atoms with van der Waals surface area (Å²) in [7, 11) is 0. The number of nitriles is 1. The fourth-order valence-electron chi connectivity index (χ4n) is 2.10. The number of carbonyl (C=O) groups is 1. The van der Waals surface area contributed by atoms with Gasteiger partial charge in [-0.15, -0.1) is 6.42 Å². The van der Waals surface area contributed by atoms with E-state index in [1.54, 1.807) is 0 Å². The summed E-state index contributed by atoms with van der Waals surface area (Å²) in [4.78, 5) is 12.1. The van der Waals surface area contributed by atoms with Crippen LogP contribution in [0.5, 0.6) is 0 Å². The van der Waals surface area contributed by atoms with Gasteiger partial charge in [0.05, 0.1) is 12.1 Å². The molecule has 1 amide bonds. The van der Waals surface area contributed by atoms with Gasteiger partial charge in [-0.1, -0.05) is 32.1 Å². The van der Waals surface area contributed by atoms with E-state index in [1.807, 2.05) is 6.92 Å². The second-order valence-corrected chi connectivity index (χ2v) is 4.36. The Hall–Kier alpha value is -1.48. The molecular formula is C13H18N2O. The topological polar surface area (TPSA) is 52.9 Å². The minimum Gasteiger partial charge on any atom is -0.341 e. The Morgan fingerprint density at radius 3 is 2.56 bits per heavy atom. The average Bonchev–Trinajstić information content (AvgIpc) is 2.36. The van der Waals surface area contributed by atoms with Crippen LogP contribution in [0.1, 0.15) is 45.4 Å². The van der Waals surface area contributed by atoms with Crippen molar-refractivity contribution < 1.29 is 4.79 Å². The lowest BCUT2D eigenvalue weighted by Gasteiger charge is -2.30. The summed E-state index contributed by atoms with van der Waals surface area (Å²) < 4.78 is 0. The number of nitrogens with one attached hydrogen (secondary N) is 1. The van der Waals surface area contributed by atoms with Gasteiger partial charge in [-0.3, -0.25) is 4.79 Å². The van der Waals surface area contributed by atoms with E-state index in [0.717, 1.165) is 19.3 Å². The molecular weight excluding hydrogens is 200 g/mol. The van der Waals surface area contributed by atoms with Gasteiger partial charge in [0, 0.05) is 0 Å². The van der Waals surface area contributed by atoms with Crippen LogP contribution in [0.15, 0.2) is 0 Å². The number of terminal acetylenes is 1. The standard InChI is InChI=1S/C13H18N2O/c1-3-11(4-2)15-12(16)13(10-14)8-6-5-7-9-13/h1,11H,4-9H2,2H3,(H,15,16). The highest BCUT2D eigenvalue weighted by molar-refractivity contribution is 5.86. The van der Waals surface area contributed by atoms with E-state index in [4.69, 9.17) is 6.42 Å². The highest BCUT2D eigenvalue weighted by atomic mass is 16.2. The highest BCUT2D eigenvalue weighted by Gasteiger charge is 2.40. The van der Waals surface area contributed by atoms with Crippen LogP contribution < -0.4 is 5.32 Å². The quantitative estimate of drug-likeness (QED) is 0.736. The van der Waals surface area contributed by atoms with Crippen LogP contribution in [0.25, 0.3) is 0 Å². The highest BCUT2D eigenvalue weighted by Crippen LogP contribution is 2.35. The van der Waals surface area contributed by atoms with E-state index in [-0.39, 0.29) is 11.9 Å². The third kappa shape index (κ3) is 2.55. The monoisotopic (exact) mass is 218 g/mol. The molecule has 1 N–H and O–H groups in total. The van der Waals surface area contributed by atoms with Crippen LogP contribution in [0.3, 0.4) is 0 Å². The predicted octanol–water partition coefficient (Wildman–Crippen LogP) is 1.99. The third-order valence-electron chi connectivity index (χ3n) is 3.27. The van der Waals surface area contributed by atoms with Gasteiger partial charge in [-0.2, -0.15) is 5.26 Å². The van der Waals surface area contributed by atoms with Crippen LogP contribution in [0.4, 0.5) is 0 Å². The molecule has 1 rings (SSSR count). The van der Waals surface area contributed by atoms with Crippen LogP contribution >= 0.6 is 0 Å². The van der Waals surface area contributed by atoms with Crippen molar-refractivity contribution in [3.05, 3.63) is 0 Å². The molecule has 0 aliphatic heterocycles. The first-order chi connectivity index (χ1) is 7.68. The molecule has 1 atom stereocenters. The number of carbonyl (C=O) groups excluding carboxylic acids is 1. The molecule has 0 aromatic rings. The van der Waals surface area contributed by atoms with E-state index in [1.165, 1.54) is 0 Å². The Labute approximate surface area is 97.2 Å². The zero-order valence-corrected chi connectivity index (χ0v) is 9.75. The summed E-state index contributed by atoms with van der Waals surface area (Å²) in [6.45, 7) is 1.92. The zero-order valence-electron chi connectivity index (χ0n) is 9.75. The molecule has 0 bridgehead atoms. The lowest BCUT2D eigenvalue weighted by atomic mass is 9.74. The molecule has 3 nitrogen and oxygen atoms in total. The fourth-order valence-corrected chi connectivity index (χ4v) is 2.10. The molecule has 1 unspecified atom stereocenters. The number of amides is 1. The van der Waals surface area contributed by atoms with Crippen molar-refractivity contribution in [1.29, 1.82) is 5.26 Å². The number of rotatable bonds is 3. The van der Waals surface area contributed by atoms with Crippen molar-refractivity contribution in [1.82, 2.24) is 5.32 Å². The van der Waals surface area contributed by atoms with Gasteiger partial charge in [0.25, 0.3) is 0 Å². The fraction of sp³-hybridized carbons (Fsp3) is 0.692. The lowest BCUT2D eigenvalue weighted by Crippen LogP contribution is -2.45. The van der Waals surface area contributed by atoms with Gasteiger partial charge in [0.15, 0.2) is 0 Å². The van der Waals surface area contributed by atoms with Gasteiger partial charge in [-0.25, -0.2) is 0 Å². The Kier molecular flexibility index (Phi) is 4.38. The maximum Gasteiger partial charge on any atom is 0.241 e. The molecule has 0 radical (unpaired) electrons. The Bertz CT molecular complexity index is 329. The summed E-state index contributed by atoms with van der Waals surface area (Å²) in [6, 6.07) is 1.94. The molecule has 1 aliphatic rings. The van der Waals surface area contributed by atoms with E-state index < -0.39 is 5.41 Å². The van der Waals surface area contributed by atoms with Gasteiger partial charge in [0.2, 0.25) is 5.91 Å². The van der Waals surface area contributed by atoms with E-state index in [2.05, 4.69) is 17.3 Å². The first-order valence-electron chi connectivity index (χ1n) is 5.87. The summed E-state index contributed by atoms with van der Waals surface area (Å²) in [5.74, 6) is 2.34. The largest absolute Gasteiger partial charge is 0.341 e. The summed E-state index contributed by atoms with van der Waals surface area (Å²) in [5, 5.41) is 12.0. The van der Waals surface area contributed by atoms with Gasteiger partial charge < -0.3 is 5.32 Å². The normalized spacial score (nSPS) is 20.2. The van der Waals surface area contributed by atoms with Crippen molar-refractivity contribution in [2.45, 2.75) is 51.5 Å². The first-order valence-corrected chi connectivity index (χ1v) is 5.87. The molecule has 16 heavy (non-hydrogen) atoms.